The number of carbonyl (C=O) groups excluding carboxylic acids is 2. The van der Waals surface area contributed by atoms with Crippen LogP contribution in [0, 0.1) is 11.7 Å². The number of hydrogen-bond acceptors (Lipinski definition) is 5. The van der Waals surface area contributed by atoms with Crippen molar-refractivity contribution in [2.45, 2.75) is 25.3 Å². The van der Waals surface area contributed by atoms with Gasteiger partial charge in [0.05, 0.1) is 13.1 Å². The molecule has 3 aliphatic rings. The third kappa shape index (κ3) is 2.11. The lowest BCUT2D eigenvalue weighted by molar-refractivity contribution is 0.00893. The minimum Gasteiger partial charge on any atom is -0.326 e. The minimum absolute atomic E-state index is 0.0777. The Morgan fingerprint density at radius 1 is 1.25 bits per heavy atom. The van der Waals surface area contributed by atoms with E-state index in [-0.39, 0.29) is 21.9 Å². The van der Waals surface area contributed by atoms with Crippen molar-refractivity contribution < 1.29 is 14.0 Å². The Balaban J connectivity index is 1.94. The third-order valence-corrected chi connectivity index (χ3v) is 5.23. The molecule has 0 radical (unpaired) electrons. The van der Waals surface area contributed by atoms with Crippen molar-refractivity contribution in [2.24, 2.45) is 17.5 Å². The predicted molar refractivity (Wildman–Crippen MR) is 85.7 cm³/mol. The fraction of sp³-hybridized carbons (Fsp3) is 0.500. The summed E-state index contributed by atoms with van der Waals surface area (Å²) < 4.78 is 14.5. The van der Waals surface area contributed by atoms with E-state index in [4.69, 9.17) is 11.6 Å². The first-order valence-electron chi connectivity index (χ1n) is 8.27. The van der Waals surface area contributed by atoms with Crippen LogP contribution in [0.5, 0.6) is 0 Å². The number of hydrogen-bond donors (Lipinski definition) is 2. The van der Waals surface area contributed by atoms with Crippen molar-refractivity contribution in [3.8, 4) is 0 Å². The number of nitrogens with zero attached hydrogens (tertiary/aromatic N) is 3. The summed E-state index contributed by atoms with van der Waals surface area (Å²) in [6, 6.07) is 3.62. The van der Waals surface area contributed by atoms with Crippen molar-refractivity contribution >= 4 is 17.6 Å². The first kappa shape index (κ1) is 15.6. The smallest absolute Gasteiger partial charge is 0.326 e. The molecule has 1 aromatic rings. The molecule has 2 heterocycles. The average Bonchev–Trinajstić information content (AvgIpc) is 3.27. The number of quaternary nitrogens is 1. The number of para-hydroxylation sites is 1. The molecule has 2 fully saturated rings. The summed E-state index contributed by atoms with van der Waals surface area (Å²) in [4.78, 5) is 25.5. The summed E-state index contributed by atoms with van der Waals surface area (Å²) in [6.07, 6.45) is 2.71. The van der Waals surface area contributed by atoms with Gasteiger partial charge in [-0.25, -0.2) is 15.0 Å². The molecular weight excluding hydrogens is 313 g/mol. The predicted octanol–water partition coefficient (Wildman–Crippen LogP) is 0.940. The summed E-state index contributed by atoms with van der Waals surface area (Å²) in [5.41, 5.74) is 6.31. The number of rotatable bonds is 3. The number of carbonyl (C=O) groups is 2. The maximum Gasteiger partial charge on any atom is 0.465 e. The molecule has 1 saturated heterocycles. The highest BCUT2D eigenvalue weighted by Crippen LogP contribution is 2.43. The lowest BCUT2D eigenvalue weighted by atomic mass is 10.1. The Morgan fingerprint density at radius 3 is 2.62 bits per heavy atom. The average molecular weight is 334 g/mol. The molecule has 2 atom stereocenters. The quantitative estimate of drug-likeness (QED) is 0.487. The molecule has 0 aromatic heterocycles. The van der Waals surface area contributed by atoms with Crippen LogP contribution in [0.4, 0.5) is 14.9 Å². The number of hydrazine groups is 1. The Morgan fingerprint density at radius 2 is 2.00 bits per heavy atom. The first-order chi connectivity index (χ1) is 11.4. The van der Waals surface area contributed by atoms with Gasteiger partial charge in [0, 0.05) is 12.0 Å². The monoisotopic (exact) mass is 334 g/mol. The number of nitrogens with two attached hydrogens (primary N) is 2. The molecule has 0 spiro atoms. The molecule has 1 saturated carbocycles. The van der Waals surface area contributed by atoms with Crippen LogP contribution in [-0.2, 0) is 0 Å². The Kier molecular flexibility index (Phi) is 3.47. The van der Waals surface area contributed by atoms with Gasteiger partial charge in [0.1, 0.15) is 12.1 Å². The highest BCUT2D eigenvalue weighted by atomic mass is 19.1. The number of urea groups is 1. The zero-order chi connectivity index (χ0) is 17.1. The molecule has 1 aliphatic carbocycles. The highest BCUT2D eigenvalue weighted by Gasteiger charge is 2.59. The van der Waals surface area contributed by atoms with Crippen LogP contribution in [0.15, 0.2) is 18.2 Å². The Hall–Kier alpha value is -1.87. The SMILES string of the molecule is N[C@H]1CCN([N+]2(CC3CC3)C(=O)N(N)C(=O)c3cccc(F)c32)C1. The van der Waals surface area contributed by atoms with Crippen LogP contribution < -0.4 is 16.2 Å². The van der Waals surface area contributed by atoms with E-state index in [1.165, 1.54) is 18.2 Å². The van der Waals surface area contributed by atoms with Gasteiger partial charge in [-0.2, -0.15) is 5.01 Å². The number of imide groups is 1. The van der Waals surface area contributed by atoms with Gasteiger partial charge in [-0.05, 0) is 31.4 Å². The van der Waals surface area contributed by atoms with Gasteiger partial charge in [-0.1, -0.05) is 6.07 Å². The van der Waals surface area contributed by atoms with Gasteiger partial charge in [0.15, 0.2) is 5.82 Å². The van der Waals surface area contributed by atoms with E-state index in [2.05, 4.69) is 0 Å². The Bertz CT molecular complexity index is 722. The fourth-order valence-corrected chi connectivity index (χ4v) is 3.85. The van der Waals surface area contributed by atoms with E-state index < -0.39 is 17.8 Å². The molecule has 1 unspecified atom stereocenters. The molecule has 4 rings (SSSR count). The molecule has 128 valence electrons. The lowest BCUT2D eigenvalue weighted by Crippen LogP contribution is -2.73. The third-order valence-electron chi connectivity index (χ3n) is 5.23. The molecule has 0 bridgehead atoms. The highest BCUT2D eigenvalue weighted by molar-refractivity contribution is 6.14. The summed E-state index contributed by atoms with van der Waals surface area (Å²) in [7, 11) is 0. The number of benzene rings is 1. The second-order valence-corrected chi connectivity index (χ2v) is 6.95. The molecule has 3 amide bonds. The fourth-order valence-electron chi connectivity index (χ4n) is 3.85. The maximum absolute atomic E-state index is 14.8. The van der Waals surface area contributed by atoms with Crippen LogP contribution in [0.25, 0.3) is 0 Å². The first-order valence-corrected chi connectivity index (χ1v) is 8.27. The van der Waals surface area contributed by atoms with Gasteiger partial charge in [0.2, 0.25) is 5.69 Å². The maximum atomic E-state index is 14.8. The van der Waals surface area contributed by atoms with E-state index in [0.717, 1.165) is 19.3 Å². The van der Waals surface area contributed by atoms with Crippen LogP contribution in [0.3, 0.4) is 0 Å². The summed E-state index contributed by atoms with van der Waals surface area (Å²) in [5.74, 6) is 4.90. The number of halogens is 1. The molecular formula is C16H21FN5O2+. The van der Waals surface area contributed by atoms with Gasteiger partial charge in [-0.15, -0.1) is 9.60 Å². The standard InChI is InChI=1S/C16H21FN5O2/c17-13-3-1-2-12-14(13)22(9-10-4-5-10,16(24)21(19)15(12)23)20-7-6-11(18)8-20/h1-3,10-11H,4-9,18-19H2/q+1/t11-,22?/m0/s1. The molecule has 24 heavy (non-hydrogen) atoms. The lowest BCUT2D eigenvalue weighted by Gasteiger charge is -2.45. The van der Waals surface area contributed by atoms with E-state index in [0.29, 0.717) is 30.6 Å². The number of fused-ring (bicyclic) bond motifs is 1. The van der Waals surface area contributed by atoms with Crippen LogP contribution in [0.1, 0.15) is 29.6 Å². The van der Waals surface area contributed by atoms with Gasteiger partial charge < -0.3 is 5.73 Å². The van der Waals surface area contributed by atoms with Gasteiger partial charge in [0.25, 0.3) is 5.91 Å². The van der Waals surface area contributed by atoms with Crippen molar-refractivity contribution in [1.82, 2.24) is 14.6 Å². The van der Waals surface area contributed by atoms with E-state index in [1.54, 1.807) is 0 Å². The van der Waals surface area contributed by atoms with E-state index in [1.807, 2.05) is 5.01 Å². The molecule has 2 aliphatic heterocycles. The largest absolute Gasteiger partial charge is 0.465 e. The molecule has 8 heteroatoms. The van der Waals surface area contributed by atoms with Crippen LogP contribution >= 0.6 is 0 Å². The van der Waals surface area contributed by atoms with Crippen molar-refractivity contribution in [3.05, 3.63) is 29.6 Å². The molecule has 4 N–H and O–H groups in total. The molecule has 1 aromatic carbocycles. The van der Waals surface area contributed by atoms with Gasteiger partial charge in [-0.3, -0.25) is 4.79 Å². The van der Waals surface area contributed by atoms with E-state index >= 15 is 0 Å². The van der Waals surface area contributed by atoms with Crippen molar-refractivity contribution in [3.63, 3.8) is 0 Å². The summed E-state index contributed by atoms with van der Waals surface area (Å²) in [6.45, 7) is 1.45. The second-order valence-electron chi connectivity index (χ2n) is 6.95. The van der Waals surface area contributed by atoms with Crippen molar-refractivity contribution in [1.29, 1.82) is 0 Å². The zero-order valence-corrected chi connectivity index (χ0v) is 13.3. The normalized spacial score (nSPS) is 30.8. The Labute approximate surface area is 139 Å². The van der Waals surface area contributed by atoms with E-state index in [9.17, 15) is 14.0 Å². The summed E-state index contributed by atoms with van der Waals surface area (Å²) >= 11 is 0. The summed E-state index contributed by atoms with van der Waals surface area (Å²) in [5, 5.41) is 2.51. The van der Waals surface area contributed by atoms with Crippen molar-refractivity contribution in [2.75, 3.05) is 19.6 Å². The van der Waals surface area contributed by atoms with Crippen LogP contribution in [-0.4, -0.2) is 47.6 Å². The van der Waals surface area contributed by atoms with Gasteiger partial charge >= 0.3 is 6.03 Å². The number of amides is 3. The van der Waals surface area contributed by atoms with Crippen LogP contribution in [0.2, 0.25) is 0 Å². The minimum atomic E-state index is -0.664. The molecule has 7 nitrogen and oxygen atoms in total. The second kappa shape index (κ2) is 5.32. The topological polar surface area (TPSA) is 92.7 Å². The zero-order valence-electron chi connectivity index (χ0n) is 13.3.